The Morgan fingerprint density at radius 3 is 2.60 bits per heavy atom. The van der Waals surface area contributed by atoms with E-state index < -0.39 is 11.9 Å². The minimum absolute atomic E-state index is 0.393. The molecule has 0 saturated carbocycles. The van der Waals surface area contributed by atoms with Gasteiger partial charge in [-0.05, 0) is 12.5 Å². The van der Waals surface area contributed by atoms with Crippen LogP contribution < -0.4 is 0 Å². The molecule has 0 rings (SSSR count). The van der Waals surface area contributed by atoms with Gasteiger partial charge in [-0.15, -0.1) is 0 Å². The fourth-order valence-corrected chi connectivity index (χ4v) is 0.680. The van der Waals surface area contributed by atoms with E-state index in [0.717, 1.165) is 12.8 Å². The molecule has 0 amide bonds. The van der Waals surface area contributed by atoms with Gasteiger partial charge in [0.25, 0.3) is 0 Å². The minimum Gasteiger partial charge on any atom is -0.463 e. The molecule has 0 aromatic carbocycles. The third-order valence-corrected chi connectivity index (χ3v) is 1.40. The van der Waals surface area contributed by atoms with Crippen molar-refractivity contribution in [1.82, 2.24) is 0 Å². The van der Waals surface area contributed by atoms with E-state index in [4.69, 9.17) is 4.74 Å². The first-order valence-corrected chi connectivity index (χ1v) is 4.84. The largest absolute Gasteiger partial charge is 0.463 e. The van der Waals surface area contributed by atoms with Crippen LogP contribution in [0.4, 0.5) is 0 Å². The van der Waals surface area contributed by atoms with E-state index >= 15 is 0 Å². The molecule has 0 bridgehead atoms. The van der Waals surface area contributed by atoms with E-state index in [1.807, 2.05) is 6.92 Å². The second-order valence-electron chi connectivity index (χ2n) is 2.82. The Morgan fingerprint density at radius 1 is 1.27 bits per heavy atom. The van der Waals surface area contributed by atoms with Gasteiger partial charge in [-0.3, -0.25) is 4.79 Å². The van der Waals surface area contributed by atoms with Crippen molar-refractivity contribution in [3.8, 4) is 0 Å². The Bertz CT molecular complexity index is 253. The second-order valence-corrected chi connectivity index (χ2v) is 2.82. The van der Waals surface area contributed by atoms with Crippen molar-refractivity contribution in [2.45, 2.75) is 26.7 Å². The molecule has 0 saturated heterocycles. The SMILES string of the molecule is CCCCOC(=O)/C=C\C=C\OC(C)=O. The zero-order valence-corrected chi connectivity index (χ0v) is 9.06. The zero-order chi connectivity index (χ0) is 11.5. The first kappa shape index (κ1) is 13.4. The molecule has 0 fully saturated rings. The van der Waals surface area contributed by atoms with Crippen LogP contribution in [0.3, 0.4) is 0 Å². The summed E-state index contributed by atoms with van der Waals surface area (Å²) in [5.41, 5.74) is 0. The predicted octanol–water partition coefficient (Wildman–Crippen LogP) is 1.96. The number of unbranched alkanes of at least 4 members (excludes halogenated alkanes) is 1. The topological polar surface area (TPSA) is 52.6 Å². The van der Waals surface area contributed by atoms with Crippen LogP contribution in [-0.2, 0) is 19.1 Å². The minimum atomic E-state index is -0.398. The summed E-state index contributed by atoms with van der Waals surface area (Å²) in [5.74, 6) is -0.791. The first-order valence-electron chi connectivity index (χ1n) is 4.84. The molecular weight excluding hydrogens is 196 g/mol. The Kier molecular flexibility index (Phi) is 8.05. The summed E-state index contributed by atoms with van der Waals surface area (Å²) in [6.45, 7) is 3.76. The molecule has 84 valence electrons. The van der Waals surface area contributed by atoms with Gasteiger partial charge in [-0.25, -0.2) is 4.79 Å². The molecule has 0 radical (unpaired) electrons. The smallest absolute Gasteiger partial charge is 0.330 e. The molecule has 0 atom stereocenters. The summed E-state index contributed by atoms with van der Waals surface area (Å²) in [6.07, 6.45) is 7.24. The van der Waals surface area contributed by atoms with Crippen molar-refractivity contribution in [3.63, 3.8) is 0 Å². The summed E-state index contributed by atoms with van der Waals surface area (Å²) in [5, 5.41) is 0. The monoisotopic (exact) mass is 212 g/mol. The molecule has 0 aromatic rings. The van der Waals surface area contributed by atoms with Crippen molar-refractivity contribution in [1.29, 1.82) is 0 Å². The van der Waals surface area contributed by atoms with Crippen LogP contribution in [0.25, 0.3) is 0 Å². The Morgan fingerprint density at radius 2 is 2.00 bits per heavy atom. The molecule has 0 heterocycles. The van der Waals surface area contributed by atoms with E-state index in [-0.39, 0.29) is 0 Å². The van der Waals surface area contributed by atoms with E-state index in [0.29, 0.717) is 6.61 Å². The van der Waals surface area contributed by atoms with Crippen LogP contribution in [0.15, 0.2) is 24.5 Å². The number of allylic oxidation sites excluding steroid dienone is 2. The molecular formula is C11H16O4. The maximum atomic E-state index is 11.0. The third kappa shape index (κ3) is 10.3. The lowest BCUT2D eigenvalue weighted by atomic mass is 10.4. The Hall–Kier alpha value is -1.58. The van der Waals surface area contributed by atoms with Crippen molar-refractivity contribution in [2.75, 3.05) is 6.61 Å². The summed E-state index contributed by atoms with van der Waals surface area (Å²) >= 11 is 0. The molecule has 0 aliphatic carbocycles. The van der Waals surface area contributed by atoms with Crippen molar-refractivity contribution < 1.29 is 19.1 Å². The van der Waals surface area contributed by atoms with Crippen molar-refractivity contribution in [2.24, 2.45) is 0 Å². The lowest BCUT2D eigenvalue weighted by molar-refractivity contribution is -0.138. The maximum absolute atomic E-state index is 11.0. The fourth-order valence-electron chi connectivity index (χ4n) is 0.680. The van der Waals surface area contributed by atoms with Gasteiger partial charge in [-0.2, -0.15) is 0 Å². The third-order valence-electron chi connectivity index (χ3n) is 1.40. The molecule has 0 aliphatic rings. The highest BCUT2D eigenvalue weighted by molar-refractivity contribution is 5.82. The number of hydrogen-bond donors (Lipinski definition) is 0. The second kappa shape index (κ2) is 8.99. The number of rotatable bonds is 6. The van der Waals surface area contributed by atoms with E-state index in [1.165, 1.54) is 31.4 Å². The Labute approximate surface area is 89.6 Å². The average molecular weight is 212 g/mol. The van der Waals surface area contributed by atoms with Crippen LogP contribution in [0, 0.1) is 0 Å². The summed E-state index contributed by atoms with van der Waals surface area (Å²) in [6, 6.07) is 0. The average Bonchev–Trinajstić information content (AvgIpc) is 2.17. The van der Waals surface area contributed by atoms with Gasteiger partial charge < -0.3 is 9.47 Å². The Balaban J connectivity index is 3.62. The maximum Gasteiger partial charge on any atom is 0.330 e. The molecule has 0 aromatic heterocycles. The van der Waals surface area contributed by atoms with Crippen LogP contribution in [0.1, 0.15) is 26.7 Å². The lowest BCUT2D eigenvalue weighted by Gasteiger charge is -1.97. The van der Waals surface area contributed by atoms with Crippen molar-refractivity contribution >= 4 is 11.9 Å². The molecule has 0 N–H and O–H groups in total. The van der Waals surface area contributed by atoms with Gasteiger partial charge >= 0.3 is 11.9 Å². The van der Waals surface area contributed by atoms with E-state index in [2.05, 4.69) is 4.74 Å². The highest BCUT2D eigenvalue weighted by Crippen LogP contribution is 1.90. The molecule has 4 heteroatoms. The van der Waals surface area contributed by atoms with Crippen molar-refractivity contribution in [3.05, 3.63) is 24.5 Å². The van der Waals surface area contributed by atoms with E-state index in [1.54, 1.807) is 0 Å². The van der Waals surface area contributed by atoms with Gasteiger partial charge in [0, 0.05) is 13.0 Å². The fraction of sp³-hybridized carbons (Fsp3) is 0.455. The van der Waals surface area contributed by atoms with Crippen LogP contribution >= 0.6 is 0 Å². The van der Waals surface area contributed by atoms with Gasteiger partial charge in [-0.1, -0.05) is 19.4 Å². The van der Waals surface area contributed by atoms with Gasteiger partial charge in [0.2, 0.25) is 0 Å². The van der Waals surface area contributed by atoms with Crippen LogP contribution in [-0.4, -0.2) is 18.5 Å². The molecule has 4 nitrogen and oxygen atoms in total. The summed E-state index contributed by atoms with van der Waals surface area (Å²) < 4.78 is 9.34. The molecule has 0 unspecified atom stereocenters. The van der Waals surface area contributed by atoms with Crippen LogP contribution in [0.5, 0.6) is 0 Å². The summed E-state index contributed by atoms with van der Waals surface area (Å²) in [7, 11) is 0. The number of carbonyl (C=O) groups excluding carboxylic acids is 2. The van der Waals surface area contributed by atoms with Gasteiger partial charge in [0.1, 0.15) is 0 Å². The van der Waals surface area contributed by atoms with E-state index in [9.17, 15) is 9.59 Å². The van der Waals surface area contributed by atoms with Gasteiger partial charge in [0.15, 0.2) is 0 Å². The predicted molar refractivity (Wildman–Crippen MR) is 55.9 cm³/mol. The normalized spacial score (nSPS) is 10.8. The molecule has 0 aliphatic heterocycles. The summed E-state index contributed by atoms with van der Waals surface area (Å²) in [4.78, 5) is 21.3. The quantitative estimate of drug-likeness (QED) is 0.222. The lowest BCUT2D eigenvalue weighted by Crippen LogP contribution is -2.01. The highest BCUT2D eigenvalue weighted by atomic mass is 16.5. The first-order chi connectivity index (χ1) is 7.16. The number of hydrogen-bond acceptors (Lipinski definition) is 4. The van der Waals surface area contributed by atoms with Crippen LogP contribution in [0.2, 0.25) is 0 Å². The molecule has 15 heavy (non-hydrogen) atoms. The highest BCUT2D eigenvalue weighted by Gasteiger charge is 1.93. The number of esters is 2. The number of carbonyl (C=O) groups is 2. The number of ether oxygens (including phenoxy) is 2. The van der Waals surface area contributed by atoms with Gasteiger partial charge in [0.05, 0.1) is 12.9 Å². The zero-order valence-electron chi connectivity index (χ0n) is 9.06. The molecule has 0 spiro atoms. The standard InChI is InChI=1S/C11H16O4/c1-3-4-8-15-11(13)7-5-6-9-14-10(2)12/h5-7,9H,3-4,8H2,1-2H3/b7-5-,9-6+.